The monoisotopic (exact) mass is 408 g/mol. The van der Waals surface area contributed by atoms with E-state index in [9.17, 15) is 14.7 Å². The van der Waals surface area contributed by atoms with Gasteiger partial charge in [-0.05, 0) is 45.2 Å². The zero-order valence-electron chi connectivity index (χ0n) is 17.7. The molecule has 0 aromatic heterocycles. The van der Waals surface area contributed by atoms with Crippen LogP contribution in [0, 0.1) is 5.92 Å². The molecule has 1 aliphatic rings. The van der Waals surface area contributed by atoms with E-state index in [1.54, 1.807) is 32.9 Å². The van der Waals surface area contributed by atoms with Gasteiger partial charge < -0.3 is 30.0 Å². The Morgan fingerprint density at radius 3 is 2.31 bits per heavy atom. The Morgan fingerprint density at radius 2 is 1.76 bits per heavy atom. The fourth-order valence-electron chi connectivity index (χ4n) is 2.84. The summed E-state index contributed by atoms with van der Waals surface area (Å²) >= 11 is 0. The number of ether oxygens (including phenoxy) is 3. The second-order valence-corrected chi connectivity index (χ2v) is 8.58. The van der Waals surface area contributed by atoms with E-state index in [0.717, 1.165) is 0 Å². The van der Waals surface area contributed by atoms with E-state index in [1.807, 2.05) is 26.0 Å². The number of para-hydroxylation sites is 2. The highest BCUT2D eigenvalue weighted by Crippen LogP contribution is 2.28. The highest BCUT2D eigenvalue weighted by molar-refractivity contribution is 5.86. The van der Waals surface area contributed by atoms with Gasteiger partial charge in [-0.3, -0.25) is 4.79 Å². The van der Waals surface area contributed by atoms with Gasteiger partial charge in [0.05, 0.1) is 6.04 Å². The van der Waals surface area contributed by atoms with Gasteiger partial charge in [0.1, 0.15) is 31.0 Å². The SMILES string of the molecule is CC(C)C[C@H](NC(=O)OC(C)(C)C)C(=O)NC1COc2ccccc2OCC1O. The number of hydrogen-bond acceptors (Lipinski definition) is 6. The van der Waals surface area contributed by atoms with E-state index in [2.05, 4.69) is 10.6 Å². The predicted octanol–water partition coefficient (Wildman–Crippen LogP) is 2.24. The number of nitrogens with one attached hydrogen (secondary N) is 2. The molecule has 0 radical (unpaired) electrons. The number of benzene rings is 1. The molecular formula is C21H32N2O6. The van der Waals surface area contributed by atoms with Crippen molar-refractivity contribution in [3.63, 3.8) is 0 Å². The Bertz CT molecular complexity index is 701. The van der Waals surface area contributed by atoms with Gasteiger partial charge in [0, 0.05) is 0 Å². The molecule has 0 saturated heterocycles. The van der Waals surface area contributed by atoms with Gasteiger partial charge in [-0.1, -0.05) is 26.0 Å². The minimum atomic E-state index is -0.964. The van der Waals surface area contributed by atoms with Crippen LogP contribution < -0.4 is 20.1 Å². The van der Waals surface area contributed by atoms with E-state index in [4.69, 9.17) is 14.2 Å². The van der Waals surface area contributed by atoms with Crippen LogP contribution >= 0.6 is 0 Å². The van der Waals surface area contributed by atoms with Crippen LogP contribution in [-0.4, -0.2) is 54.1 Å². The minimum absolute atomic E-state index is 0.0136. The molecule has 0 aliphatic carbocycles. The third kappa shape index (κ3) is 7.45. The first kappa shape index (κ1) is 22.8. The van der Waals surface area contributed by atoms with Crippen LogP contribution in [0.5, 0.6) is 11.5 Å². The summed E-state index contributed by atoms with van der Waals surface area (Å²) in [7, 11) is 0. The normalized spacial score (nSPS) is 20.2. The Kier molecular flexibility index (Phi) is 7.73. The van der Waals surface area contributed by atoms with E-state index >= 15 is 0 Å². The number of rotatable bonds is 5. The Morgan fingerprint density at radius 1 is 1.17 bits per heavy atom. The van der Waals surface area contributed by atoms with Crippen LogP contribution in [0.4, 0.5) is 4.79 Å². The molecule has 162 valence electrons. The first-order valence-corrected chi connectivity index (χ1v) is 9.87. The zero-order chi connectivity index (χ0) is 21.6. The fourth-order valence-corrected chi connectivity index (χ4v) is 2.84. The summed E-state index contributed by atoms with van der Waals surface area (Å²) in [5.74, 6) is 0.838. The molecule has 1 aliphatic heterocycles. The van der Waals surface area contributed by atoms with Gasteiger partial charge in [0.25, 0.3) is 0 Å². The molecule has 1 aromatic carbocycles. The summed E-state index contributed by atoms with van der Waals surface area (Å²) in [6.07, 6.45) is -1.20. The molecule has 3 N–H and O–H groups in total. The lowest BCUT2D eigenvalue weighted by molar-refractivity contribution is -0.125. The first-order valence-electron chi connectivity index (χ1n) is 9.87. The van der Waals surface area contributed by atoms with Crippen LogP contribution in [0.25, 0.3) is 0 Å². The van der Waals surface area contributed by atoms with Crippen LogP contribution in [-0.2, 0) is 9.53 Å². The summed E-state index contributed by atoms with van der Waals surface area (Å²) in [6, 6.07) is 5.66. The molecule has 0 saturated carbocycles. The first-order chi connectivity index (χ1) is 13.5. The molecular weight excluding hydrogens is 376 g/mol. The third-order valence-corrected chi connectivity index (χ3v) is 4.18. The van der Waals surface area contributed by atoms with E-state index in [-0.39, 0.29) is 19.1 Å². The quantitative estimate of drug-likeness (QED) is 0.690. The van der Waals surface area contributed by atoms with Gasteiger partial charge >= 0.3 is 6.09 Å². The molecule has 0 fully saturated rings. The lowest BCUT2D eigenvalue weighted by Crippen LogP contribution is -2.56. The highest BCUT2D eigenvalue weighted by Gasteiger charge is 2.30. The van der Waals surface area contributed by atoms with Crippen LogP contribution in [0.15, 0.2) is 24.3 Å². The Hall–Kier alpha value is -2.48. The summed E-state index contributed by atoms with van der Waals surface area (Å²) in [6.45, 7) is 9.26. The number of amides is 2. The van der Waals surface area contributed by atoms with E-state index in [1.165, 1.54) is 0 Å². The second kappa shape index (κ2) is 9.82. The molecule has 29 heavy (non-hydrogen) atoms. The van der Waals surface area contributed by atoms with Gasteiger partial charge in [0.2, 0.25) is 5.91 Å². The van der Waals surface area contributed by atoms with Crippen LogP contribution in [0.1, 0.15) is 41.0 Å². The molecule has 2 amide bonds. The number of aliphatic hydroxyl groups is 1. The average molecular weight is 408 g/mol. The maximum atomic E-state index is 12.8. The Balaban J connectivity index is 2.04. The third-order valence-electron chi connectivity index (χ3n) is 4.18. The van der Waals surface area contributed by atoms with Crippen molar-refractivity contribution in [3.8, 4) is 11.5 Å². The minimum Gasteiger partial charge on any atom is -0.487 e. The number of carbonyl (C=O) groups excluding carboxylic acids is 2. The van der Waals surface area contributed by atoms with Crippen molar-refractivity contribution >= 4 is 12.0 Å². The molecule has 2 rings (SSSR count). The molecule has 2 unspecified atom stereocenters. The molecule has 8 heteroatoms. The van der Waals surface area contributed by atoms with Gasteiger partial charge in [-0.15, -0.1) is 0 Å². The van der Waals surface area contributed by atoms with Crippen LogP contribution in [0.3, 0.4) is 0 Å². The number of alkyl carbamates (subject to hydrolysis) is 1. The highest BCUT2D eigenvalue weighted by atomic mass is 16.6. The summed E-state index contributed by atoms with van der Waals surface area (Å²) < 4.78 is 16.6. The van der Waals surface area contributed by atoms with Crippen molar-refractivity contribution in [3.05, 3.63) is 24.3 Å². The Labute approximate surface area is 171 Å². The van der Waals surface area contributed by atoms with E-state index < -0.39 is 35.8 Å². The molecule has 0 bridgehead atoms. The summed E-state index contributed by atoms with van der Waals surface area (Å²) in [5.41, 5.74) is -0.669. The second-order valence-electron chi connectivity index (χ2n) is 8.58. The van der Waals surface area contributed by atoms with Crippen molar-refractivity contribution in [2.45, 2.75) is 64.8 Å². The van der Waals surface area contributed by atoms with Gasteiger partial charge in [-0.2, -0.15) is 0 Å². The maximum absolute atomic E-state index is 12.8. The van der Waals surface area contributed by atoms with Crippen molar-refractivity contribution in [1.29, 1.82) is 0 Å². The number of carbonyl (C=O) groups is 2. The predicted molar refractivity (Wildman–Crippen MR) is 108 cm³/mol. The van der Waals surface area contributed by atoms with Crippen LogP contribution in [0.2, 0.25) is 0 Å². The summed E-state index contributed by atoms with van der Waals surface area (Å²) in [5, 5.41) is 15.8. The molecule has 0 spiro atoms. The number of aliphatic hydroxyl groups excluding tert-OH is 1. The molecule has 1 heterocycles. The van der Waals surface area contributed by atoms with Crippen molar-refractivity contribution < 1.29 is 28.9 Å². The lowest BCUT2D eigenvalue weighted by atomic mass is 10.0. The molecule has 8 nitrogen and oxygen atoms in total. The zero-order valence-corrected chi connectivity index (χ0v) is 17.7. The fraction of sp³-hybridized carbons (Fsp3) is 0.619. The van der Waals surface area contributed by atoms with Gasteiger partial charge in [0.15, 0.2) is 11.5 Å². The smallest absolute Gasteiger partial charge is 0.408 e. The average Bonchev–Trinajstić information content (AvgIpc) is 2.59. The largest absolute Gasteiger partial charge is 0.487 e. The summed E-state index contributed by atoms with van der Waals surface area (Å²) in [4.78, 5) is 25.0. The number of hydrogen-bond donors (Lipinski definition) is 3. The van der Waals surface area contributed by atoms with Crippen molar-refractivity contribution in [2.24, 2.45) is 5.92 Å². The topological polar surface area (TPSA) is 106 Å². The number of fused-ring (bicyclic) bond motifs is 1. The van der Waals surface area contributed by atoms with E-state index in [0.29, 0.717) is 17.9 Å². The van der Waals surface area contributed by atoms with Crippen molar-refractivity contribution in [1.82, 2.24) is 10.6 Å². The standard InChI is InChI=1S/C21H32N2O6/c1-13(2)10-14(23-20(26)29-21(3,4)5)19(25)22-15-11-27-17-8-6-7-9-18(17)28-12-16(15)24/h6-9,13-16,24H,10-12H2,1-5H3,(H,22,25)(H,23,26)/t14-,15?,16?/m0/s1. The van der Waals surface area contributed by atoms with Gasteiger partial charge in [-0.25, -0.2) is 4.79 Å². The van der Waals surface area contributed by atoms with Crippen molar-refractivity contribution in [2.75, 3.05) is 13.2 Å². The maximum Gasteiger partial charge on any atom is 0.408 e. The lowest BCUT2D eigenvalue weighted by Gasteiger charge is -2.30. The molecule has 1 aromatic rings. The molecule has 3 atom stereocenters.